The molecule has 0 aliphatic carbocycles. The SMILES string of the molecule is CCC1NC(=O)C(C(O)C(C)Cc2nc3[nH]c(=S)[nH]c(=O)c3[nH]2)N(C)C(=O)C(C(C)C)N(C)C(=O)C(CC(C)C)N(C)C(=O)C(CC(C)C)N(C)C(=O)C(C)NC(=O)C(C)NC(=O)C(CC(C)C)N(C)C(=O)C(C(C)C)NC(=O)C(CC(C)C)N(C)C(=O)CN(C)C1=O. The summed E-state index contributed by atoms with van der Waals surface area (Å²) in [6.07, 6.45) is -1.40. The van der Waals surface area contributed by atoms with Gasteiger partial charge in [-0.1, -0.05) is 96.9 Å². The van der Waals surface area contributed by atoms with Gasteiger partial charge in [0.25, 0.3) is 5.56 Å². The Bertz CT molecular complexity index is 3110. The van der Waals surface area contributed by atoms with Crippen molar-refractivity contribution in [2.45, 2.75) is 216 Å². The maximum absolute atomic E-state index is 15.4. The molecule has 93 heavy (non-hydrogen) atoms. The summed E-state index contributed by atoms with van der Waals surface area (Å²) in [5.41, 5.74) is -0.361. The fraction of sp³-hybridized carbons (Fsp3) is 0.750. The number of amides is 11. The minimum atomic E-state index is -1.79. The Kier molecular flexibility index (Phi) is 29.9. The van der Waals surface area contributed by atoms with Gasteiger partial charge in [-0.15, -0.1) is 0 Å². The van der Waals surface area contributed by atoms with Crippen LogP contribution in [0.1, 0.15) is 149 Å². The van der Waals surface area contributed by atoms with Gasteiger partial charge in [-0.3, -0.25) is 62.5 Å². The van der Waals surface area contributed by atoms with Crippen molar-refractivity contribution in [2.24, 2.45) is 41.4 Å². The van der Waals surface area contributed by atoms with E-state index in [1.165, 1.54) is 87.7 Å². The molecule has 12 atom stereocenters. The van der Waals surface area contributed by atoms with E-state index in [2.05, 4.69) is 41.2 Å². The molecule has 0 aromatic carbocycles. The molecule has 0 radical (unpaired) electrons. The van der Waals surface area contributed by atoms with Crippen molar-refractivity contribution in [3.8, 4) is 0 Å². The lowest BCUT2D eigenvalue weighted by atomic mass is 9.91. The second kappa shape index (κ2) is 34.7. The molecule has 28 nitrogen and oxygen atoms in total. The van der Waals surface area contributed by atoms with E-state index in [4.69, 9.17) is 12.2 Å². The van der Waals surface area contributed by atoms with Crippen LogP contribution >= 0.6 is 12.2 Å². The van der Waals surface area contributed by atoms with Crippen LogP contribution in [0.25, 0.3) is 11.2 Å². The predicted octanol–water partition coefficient (Wildman–Crippen LogP) is 2.17. The van der Waals surface area contributed by atoms with Crippen LogP contribution in [0.5, 0.6) is 0 Å². The van der Waals surface area contributed by atoms with Crippen molar-refractivity contribution in [1.82, 2.24) is 75.5 Å². The number of H-pyrrole nitrogens is 3. The van der Waals surface area contributed by atoms with Crippen molar-refractivity contribution in [2.75, 3.05) is 55.9 Å². The van der Waals surface area contributed by atoms with E-state index in [0.29, 0.717) is 0 Å². The molecule has 3 heterocycles. The van der Waals surface area contributed by atoms with Crippen LogP contribution in [0.2, 0.25) is 0 Å². The smallest absolute Gasteiger partial charge is 0.277 e. The van der Waals surface area contributed by atoms with Gasteiger partial charge in [-0.05, 0) is 99.6 Å². The number of carbonyl (C=O) groups is 11. The first kappa shape index (κ1) is 79.9. The highest BCUT2D eigenvalue weighted by atomic mass is 32.1. The minimum Gasteiger partial charge on any atom is -0.390 e. The van der Waals surface area contributed by atoms with Crippen LogP contribution in [-0.4, -0.2) is 247 Å². The summed E-state index contributed by atoms with van der Waals surface area (Å²) >= 11 is 5.14. The molecule has 0 spiro atoms. The van der Waals surface area contributed by atoms with Gasteiger partial charge in [-0.2, -0.15) is 0 Å². The molecule has 0 bridgehead atoms. The molecule has 2 aromatic heterocycles. The molecule has 1 fully saturated rings. The van der Waals surface area contributed by atoms with Crippen LogP contribution in [0.4, 0.5) is 0 Å². The summed E-state index contributed by atoms with van der Waals surface area (Å²) in [6.45, 7) is 27.0. The van der Waals surface area contributed by atoms with Gasteiger partial charge in [0, 0.05) is 55.8 Å². The van der Waals surface area contributed by atoms with Crippen molar-refractivity contribution < 1.29 is 57.8 Å². The third-order valence-electron chi connectivity index (χ3n) is 17.3. The van der Waals surface area contributed by atoms with Crippen LogP contribution in [0.15, 0.2) is 4.79 Å². The first-order valence-corrected chi connectivity index (χ1v) is 32.9. The van der Waals surface area contributed by atoms with Gasteiger partial charge in [0.15, 0.2) is 10.4 Å². The fourth-order valence-corrected chi connectivity index (χ4v) is 11.9. The topological polar surface area (TPSA) is 356 Å². The number of nitrogens with one attached hydrogen (secondary N) is 7. The molecule has 1 aliphatic rings. The number of hydrogen-bond donors (Lipinski definition) is 8. The molecule has 1 saturated heterocycles. The van der Waals surface area contributed by atoms with Gasteiger partial charge in [0.2, 0.25) is 65.0 Å². The molecular formula is C64H109N15O13S. The third-order valence-corrected chi connectivity index (χ3v) is 17.5. The number of aliphatic hydroxyl groups is 1. The first-order valence-electron chi connectivity index (χ1n) is 32.5. The summed E-state index contributed by atoms with van der Waals surface area (Å²) in [7, 11) is 9.70. The van der Waals surface area contributed by atoms with Gasteiger partial charge < -0.3 is 70.6 Å². The Labute approximate surface area is 553 Å². The standard InChI is InChI=1S/C64H109N15O13S/c1-24-40-59(88)73(17)30-46(80)74(18)41(25-31(2)3)55(84)70-47(35(10)11)62(91)75(19)42(26-32(4)5)54(83)65-38(15)53(82)66-39(16)58(87)76(20)43(27-33(6)7)60(89)77(21)44(28-34(8)9)61(90)78(22)49(36(12)13)63(92)79(23)50(57(86)67-40)51(81)37(14)29-45-68-48-52(69-45)71-64(93)72-56(48)85/h31-44,47,49-51,81H,24-30H2,1-23H3,(H,65,83)(H,66,82)(H,67,86)(H,70,84)(H3,68,69,71,72,85,93). The number of aromatic amines is 3. The molecule has 0 saturated carbocycles. The highest BCUT2D eigenvalue weighted by molar-refractivity contribution is 7.71. The van der Waals surface area contributed by atoms with E-state index in [-0.39, 0.29) is 84.0 Å². The predicted molar refractivity (Wildman–Crippen MR) is 355 cm³/mol. The lowest BCUT2D eigenvalue weighted by molar-refractivity contribution is -0.157. The first-order chi connectivity index (χ1) is 43.0. The fourth-order valence-electron chi connectivity index (χ4n) is 11.7. The van der Waals surface area contributed by atoms with E-state index >= 15 is 19.2 Å². The van der Waals surface area contributed by atoms with Gasteiger partial charge in [0.05, 0.1) is 12.6 Å². The quantitative estimate of drug-likeness (QED) is 0.119. The maximum atomic E-state index is 15.4. The second-order valence-corrected chi connectivity index (χ2v) is 28.2. The average molecular weight is 1330 g/mol. The lowest BCUT2D eigenvalue weighted by Crippen LogP contribution is -2.63. The van der Waals surface area contributed by atoms with Crippen molar-refractivity contribution in [3.63, 3.8) is 0 Å². The number of aromatic nitrogens is 4. The van der Waals surface area contributed by atoms with Crippen molar-refractivity contribution in [3.05, 3.63) is 20.9 Å². The molecule has 11 amide bonds. The Morgan fingerprint density at radius 2 is 0.935 bits per heavy atom. The number of hydrogen-bond acceptors (Lipinski definition) is 15. The molecular weight excluding hydrogens is 1220 g/mol. The second-order valence-electron chi connectivity index (χ2n) is 27.8. The third kappa shape index (κ3) is 20.8. The number of rotatable bonds is 15. The number of likely N-dealkylation sites (N-methyl/N-ethyl adjacent to an activating group) is 7. The molecule has 3 rings (SSSR count). The molecule has 8 N–H and O–H groups in total. The largest absolute Gasteiger partial charge is 0.390 e. The van der Waals surface area contributed by atoms with E-state index in [9.17, 15) is 43.5 Å². The lowest BCUT2D eigenvalue weighted by Gasteiger charge is -2.41. The highest BCUT2D eigenvalue weighted by Crippen LogP contribution is 2.26. The maximum Gasteiger partial charge on any atom is 0.277 e. The summed E-state index contributed by atoms with van der Waals surface area (Å²) in [4.78, 5) is 195. The summed E-state index contributed by atoms with van der Waals surface area (Å²) in [6, 6.07) is -13.0. The van der Waals surface area contributed by atoms with Gasteiger partial charge in [-0.25, -0.2) is 4.98 Å². The Balaban J connectivity index is 2.33. The van der Waals surface area contributed by atoms with Crippen LogP contribution in [0, 0.1) is 46.2 Å². The normalized spacial score (nSPS) is 25.6. The van der Waals surface area contributed by atoms with Crippen LogP contribution < -0.4 is 26.8 Å². The Hall–Kier alpha value is -7.30. The zero-order valence-electron chi connectivity index (χ0n) is 59.2. The Morgan fingerprint density at radius 1 is 0.484 bits per heavy atom. The van der Waals surface area contributed by atoms with E-state index in [1.54, 1.807) is 41.5 Å². The summed E-state index contributed by atoms with van der Waals surface area (Å²) in [5.74, 6) is -10.6. The monoisotopic (exact) mass is 1330 g/mol. The van der Waals surface area contributed by atoms with Crippen molar-refractivity contribution >= 4 is 88.4 Å². The molecule has 524 valence electrons. The van der Waals surface area contributed by atoms with Crippen LogP contribution in [0.3, 0.4) is 0 Å². The number of fused-ring (bicyclic) bond motifs is 1. The number of imidazole rings is 1. The number of aliphatic hydroxyl groups excluding tert-OH is 1. The van der Waals surface area contributed by atoms with E-state index in [0.717, 1.165) is 9.80 Å². The molecule has 2 aromatic rings. The molecule has 29 heteroatoms. The number of nitrogens with zero attached hydrogens (tertiary/aromatic N) is 8. The van der Waals surface area contributed by atoms with Gasteiger partial charge in [0.1, 0.15) is 71.8 Å². The zero-order chi connectivity index (χ0) is 71.3. The minimum absolute atomic E-state index is 0.0167. The van der Waals surface area contributed by atoms with Crippen LogP contribution in [-0.2, 0) is 59.2 Å². The van der Waals surface area contributed by atoms with Gasteiger partial charge >= 0.3 is 0 Å². The Morgan fingerprint density at radius 3 is 1.43 bits per heavy atom. The van der Waals surface area contributed by atoms with Crippen molar-refractivity contribution in [1.29, 1.82) is 0 Å². The summed E-state index contributed by atoms with van der Waals surface area (Å²) in [5, 5.41) is 23.4. The molecule has 1 aliphatic heterocycles. The zero-order valence-corrected chi connectivity index (χ0v) is 60.0. The van der Waals surface area contributed by atoms with E-state index in [1.807, 2.05) is 55.4 Å². The average Bonchev–Trinajstić information content (AvgIpc) is 1.71. The summed E-state index contributed by atoms with van der Waals surface area (Å²) < 4.78 is 0.0167. The number of carbonyl (C=O) groups excluding carboxylic acids is 11. The molecule has 12 unspecified atom stereocenters. The highest BCUT2D eigenvalue weighted by Gasteiger charge is 2.46. The van der Waals surface area contributed by atoms with E-state index < -0.39 is 161 Å².